The van der Waals surface area contributed by atoms with Crippen molar-refractivity contribution < 1.29 is 0 Å². The van der Waals surface area contributed by atoms with E-state index < -0.39 is 0 Å². The fourth-order valence-electron chi connectivity index (χ4n) is 1.56. The Hall–Kier alpha value is -2.70. The zero-order chi connectivity index (χ0) is 12.8. The summed E-state index contributed by atoms with van der Waals surface area (Å²) in [5.41, 5.74) is 9.65. The van der Waals surface area contributed by atoms with E-state index in [1.807, 2.05) is 12.1 Å². The lowest BCUT2D eigenvalue weighted by atomic mass is 10.1. The molecule has 0 spiro atoms. The highest BCUT2D eigenvalue weighted by atomic mass is 16.1. The third-order valence-corrected chi connectivity index (χ3v) is 2.39. The van der Waals surface area contributed by atoms with E-state index in [4.69, 9.17) is 5.53 Å². The minimum absolute atomic E-state index is 0.0264. The maximum absolute atomic E-state index is 11.6. The Morgan fingerprint density at radius 3 is 3.11 bits per heavy atom. The lowest BCUT2D eigenvalue weighted by molar-refractivity contribution is 1.01. The van der Waals surface area contributed by atoms with E-state index in [9.17, 15) is 4.79 Å². The molecule has 0 aliphatic heterocycles. The molecule has 1 aromatic heterocycles. The molecule has 0 amide bonds. The number of H-pyrrole nitrogens is 1. The van der Waals surface area contributed by atoms with Crippen molar-refractivity contribution in [1.29, 1.82) is 0 Å². The molecular weight excluding hydrogens is 228 g/mol. The van der Waals surface area contributed by atoms with Gasteiger partial charge in [-0.15, -0.1) is 0 Å². The van der Waals surface area contributed by atoms with Gasteiger partial charge in [-0.3, -0.25) is 4.79 Å². The predicted molar refractivity (Wildman–Crippen MR) is 70.1 cm³/mol. The third-order valence-electron chi connectivity index (χ3n) is 2.39. The highest BCUT2D eigenvalue weighted by Crippen LogP contribution is 2.08. The number of nitrogens with one attached hydrogen (secondary N) is 1. The van der Waals surface area contributed by atoms with E-state index in [2.05, 4.69) is 26.9 Å². The van der Waals surface area contributed by atoms with Gasteiger partial charge < -0.3 is 4.98 Å². The molecule has 0 aliphatic carbocycles. The average molecular weight is 238 g/mol. The van der Waals surface area contributed by atoms with Gasteiger partial charge in [0.15, 0.2) is 5.43 Å². The van der Waals surface area contributed by atoms with Crippen molar-refractivity contribution in [2.75, 3.05) is 6.54 Å². The van der Waals surface area contributed by atoms with E-state index in [-0.39, 0.29) is 5.43 Å². The second-order valence-corrected chi connectivity index (χ2v) is 3.61. The van der Waals surface area contributed by atoms with Gasteiger partial charge in [-0.1, -0.05) is 17.0 Å². The van der Waals surface area contributed by atoms with Crippen LogP contribution in [-0.4, -0.2) is 11.5 Å². The number of aromatic amines is 1. The van der Waals surface area contributed by atoms with E-state index in [1.165, 1.54) is 6.07 Å². The average Bonchev–Trinajstić information content (AvgIpc) is 2.39. The van der Waals surface area contributed by atoms with Gasteiger partial charge in [-0.25, -0.2) is 0 Å². The largest absolute Gasteiger partial charge is 0.361 e. The van der Waals surface area contributed by atoms with Gasteiger partial charge in [-0.05, 0) is 23.7 Å². The van der Waals surface area contributed by atoms with Crippen LogP contribution in [0.2, 0.25) is 0 Å². The van der Waals surface area contributed by atoms with Crippen LogP contribution in [0.25, 0.3) is 21.3 Å². The van der Waals surface area contributed by atoms with E-state index in [1.54, 1.807) is 12.3 Å². The predicted octanol–water partition coefficient (Wildman–Crippen LogP) is 2.58. The number of hydrogen-bond donors (Lipinski definition) is 1. The summed E-state index contributed by atoms with van der Waals surface area (Å²) in [5, 5.41) is 4.01. The highest BCUT2D eigenvalue weighted by Gasteiger charge is 1.97. The summed E-state index contributed by atoms with van der Waals surface area (Å²) in [6.45, 7) is 0.359. The van der Waals surface area contributed by atoms with Gasteiger partial charge >= 0.3 is 0 Å². The number of benzene rings is 1. The summed E-state index contributed by atoms with van der Waals surface area (Å²) < 4.78 is 0. The summed E-state index contributed by atoms with van der Waals surface area (Å²) >= 11 is 0. The van der Waals surface area contributed by atoms with Crippen LogP contribution in [-0.2, 0) is 0 Å². The molecule has 5 nitrogen and oxygen atoms in total. The number of hydrogen-bond acceptors (Lipinski definition) is 2. The second kappa shape index (κ2) is 5.58. The Morgan fingerprint density at radius 1 is 1.39 bits per heavy atom. The van der Waals surface area contributed by atoms with Crippen molar-refractivity contribution in [3.63, 3.8) is 0 Å². The first-order valence-electron chi connectivity index (χ1n) is 5.42. The van der Waals surface area contributed by atoms with E-state index >= 15 is 0 Å². The van der Waals surface area contributed by atoms with Crippen LogP contribution in [0.4, 0.5) is 0 Å². The molecule has 1 N–H and O–H groups in total. The Bertz CT molecular complexity index is 730. The van der Waals surface area contributed by atoms with Gasteiger partial charge in [0.05, 0.1) is 0 Å². The Kier molecular flexibility index (Phi) is 3.65. The van der Waals surface area contributed by atoms with Gasteiger partial charge in [0.2, 0.25) is 0 Å². The molecule has 0 fully saturated rings. The van der Waals surface area contributed by atoms with Crippen molar-refractivity contribution in [3.8, 4) is 11.8 Å². The molecule has 5 heteroatoms. The first-order chi connectivity index (χ1) is 8.81. The van der Waals surface area contributed by atoms with Gasteiger partial charge in [0.25, 0.3) is 0 Å². The van der Waals surface area contributed by atoms with Crippen LogP contribution >= 0.6 is 0 Å². The van der Waals surface area contributed by atoms with Crippen LogP contribution < -0.4 is 5.43 Å². The summed E-state index contributed by atoms with van der Waals surface area (Å²) in [5.74, 6) is 5.83. The summed E-state index contributed by atoms with van der Waals surface area (Å²) in [6.07, 6.45) is 2.13. The molecule has 0 aliphatic rings. The number of nitrogens with zero attached hydrogens (tertiary/aromatic N) is 3. The fraction of sp³-hybridized carbons (Fsp3) is 0.154. The standard InChI is InChI=1S/C13H10N4O/c14-17-16-7-2-1-3-10-4-5-12-11(9-10)13(18)6-8-15-12/h4-6,8-9H,2,7H2,(H,15,18). The molecular formula is C13H10N4O. The maximum atomic E-state index is 11.6. The molecule has 2 rings (SSSR count). The van der Waals surface area contributed by atoms with E-state index in [0.717, 1.165) is 11.1 Å². The minimum atomic E-state index is -0.0264. The van der Waals surface area contributed by atoms with Crippen LogP contribution in [0.15, 0.2) is 40.4 Å². The molecule has 0 saturated heterocycles. The van der Waals surface area contributed by atoms with Crippen molar-refractivity contribution in [2.24, 2.45) is 5.11 Å². The molecule has 0 saturated carbocycles. The van der Waals surface area contributed by atoms with Crippen molar-refractivity contribution in [2.45, 2.75) is 6.42 Å². The fourth-order valence-corrected chi connectivity index (χ4v) is 1.56. The van der Waals surface area contributed by atoms with E-state index in [0.29, 0.717) is 18.4 Å². The second-order valence-electron chi connectivity index (χ2n) is 3.61. The first kappa shape index (κ1) is 11.8. The zero-order valence-corrected chi connectivity index (χ0v) is 9.55. The van der Waals surface area contributed by atoms with Crippen LogP contribution in [0.1, 0.15) is 12.0 Å². The monoisotopic (exact) mass is 238 g/mol. The highest BCUT2D eigenvalue weighted by molar-refractivity contribution is 5.79. The van der Waals surface area contributed by atoms with Crippen molar-refractivity contribution in [1.82, 2.24) is 4.98 Å². The third kappa shape index (κ3) is 2.70. The van der Waals surface area contributed by atoms with Crippen LogP contribution in [0, 0.1) is 11.8 Å². The molecule has 1 heterocycles. The number of azide groups is 1. The number of rotatable bonds is 2. The maximum Gasteiger partial charge on any atom is 0.189 e. The Balaban J connectivity index is 2.27. The number of aromatic nitrogens is 1. The normalized spacial score (nSPS) is 9.33. The molecule has 18 heavy (non-hydrogen) atoms. The topological polar surface area (TPSA) is 81.6 Å². The van der Waals surface area contributed by atoms with Gasteiger partial charge in [-0.2, -0.15) is 0 Å². The molecule has 1 aromatic carbocycles. The number of fused-ring (bicyclic) bond motifs is 1. The molecule has 0 radical (unpaired) electrons. The van der Waals surface area contributed by atoms with Crippen molar-refractivity contribution in [3.05, 3.63) is 56.7 Å². The Labute approximate surface area is 103 Å². The zero-order valence-electron chi connectivity index (χ0n) is 9.55. The quantitative estimate of drug-likeness (QED) is 0.282. The molecule has 0 unspecified atom stereocenters. The van der Waals surface area contributed by atoms with Gasteiger partial charge in [0.1, 0.15) is 0 Å². The minimum Gasteiger partial charge on any atom is -0.361 e. The molecule has 0 atom stereocenters. The molecule has 88 valence electrons. The van der Waals surface area contributed by atoms with Crippen LogP contribution in [0.3, 0.4) is 0 Å². The smallest absolute Gasteiger partial charge is 0.189 e. The summed E-state index contributed by atoms with van der Waals surface area (Å²) in [4.78, 5) is 17.3. The number of pyridine rings is 1. The van der Waals surface area contributed by atoms with Crippen molar-refractivity contribution >= 4 is 10.9 Å². The summed E-state index contributed by atoms with van der Waals surface area (Å²) in [6, 6.07) is 6.92. The first-order valence-corrected chi connectivity index (χ1v) is 5.42. The molecule has 2 aromatic rings. The van der Waals surface area contributed by atoms with Gasteiger partial charge in [0, 0.05) is 46.6 Å². The Morgan fingerprint density at radius 2 is 2.28 bits per heavy atom. The lowest BCUT2D eigenvalue weighted by Gasteiger charge is -1.96. The van der Waals surface area contributed by atoms with Crippen LogP contribution in [0.5, 0.6) is 0 Å². The summed E-state index contributed by atoms with van der Waals surface area (Å²) in [7, 11) is 0. The lowest BCUT2D eigenvalue weighted by Crippen LogP contribution is -1.99. The molecule has 0 bridgehead atoms. The SMILES string of the molecule is [N-]=[N+]=NCCC#Cc1ccc2[nH]ccc(=O)c2c1.